The summed E-state index contributed by atoms with van der Waals surface area (Å²) in [4.78, 5) is 21.3. The van der Waals surface area contributed by atoms with E-state index in [1.54, 1.807) is 37.0 Å². The maximum Gasteiger partial charge on any atom is 0.322 e. The average molecular weight is 394 g/mol. The Balaban J connectivity index is 1.81. The molecule has 0 fully saturated rings. The number of hydrogen-bond acceptors (Lipinski definition) is 4. The number of benzene rings is 2. The molecule has 0 amide bonds. The zero-order valence-electron chi connectivity index (χ0n) is 15.6. The summed E-state index contributed by atoms with van der Waals surface area (Å²) in [5.74, 6) is -0.389. The summed E-state index contributed by atoms with van der Waals surface area (Å²) in [5.41, 5.74) is 1.71. The molecule has 4 rings (SSSR count). The molecule has 0 radical (unpaired) electrons. The summed E-state index contributed by atoms with van der Waals surface area (Å²) in [7, 11) is 3.36. The molecule has 0 saturated carbocycles. The Bertz CT molecular complexity index is 1230. The van der Waals surface area contributed by atoms with Crippen molar-refractivity contribution in [3.05, 3.63) is 82.8 Å². The van der Waals surface area contributed by atoms with E-state index in [9.17, 15) is 13.6 Å². The highest BCUT2D eigenvalue weighted by Crippen LogP contribution is 2.30. The molecule has 0 atom stereocenters. The molecule has 0 aliphatic rings. The quantitative estimate of drug-likeness (QED) is 0.526. The lowest BCUT2D eigenvalue weighted by Crippen LogP contribution is -2.17. The Morgan fingerprint density at radius 3 is 2.14 bits per heavy atom. The van der Waals surface area contributed by atoms with E-state index in [1.807, 2.05) is 0 Å². The second-order valence-electron chi connectivity index (χ2n) is 6.36. The third kappa shape index (κ3) is 3.52. The summed E-state index contributed by atoms with van der Waals surface area (Å²) in [6.45, 7) is 0. The van der Waals surface area contributed by atoms with Crippen LogP contribution in [0.1, 0.15) is 0 Å². The first-order chi connectivity index (χ1) is 13.9. The van der Waals surface area contributed by atoms with Crippen LogP contribution >= 0.6 is 0 Å². The summed E-state index contributed by atoms with van der Waals surface area (Å²) >= 11 is 0. The molecule has 146 valence electrons. The van der Waals surface area contributed by atoms with Crippen LogP contribution in [0.2, 0.25) is 0 Å². The Kier molecular flexibility index (Phi) is 4.67. The summed E-state index contributed by atoms with van der Waals surface area (Å²) in [6.07, 6.45) is 1.51. The lowest BCUT2D eigenvalue weighted by atomic mass is 10.0. The Hall–Kier alpha value is -3.81. The molecule has 0 bridgehead atoms. The van der Waals surface area contributed by atoms with Crippen molar-refractivity contribution in [2.45, 2.75) is 0 Å². The van der Waals surface area contributed by atoms with Gasteiger partial charge in [0.15, 0.2) is 0 Å². The topological polar surface area (TPSA) is 61.9 Å². The van der Waals surface area contributed by atoms with Crippen molar-refractivity contribution >= 4 is 0 Å². The molecule has 8 heteroatoms. The third-order valence-electron chi connectivity index (χ3n) is 4.55. The maximum atomic E-state index is 13.3. The van der Waals surface area contributed by atoms with Gasteiger partial charge in [0.25, 0.3) is 5.56 Å². The van der Waals surface area contributed by atoms with Gasteiger partial charge in [0.1, 0.15) is 17.4 Å². The van der Waals surface area contributed by atoms with Gasteiger partial charge in [-0.05, 0) is 48.0 Å². The fourth-order valence-corrected chi connectivity index (χ4v) is 3.01. The molecule has 0 spiro atoms. The van der Waals surface area contributed by atoms with Gasteiger partial charge in [-0.3, -0.25) is 14.2 Å². The normalized spacial score (nSPS) is 10.9. The van der Waals surface area contributed by atoms with Crippen molar-refractivity contribution in [2.75, 3.05) is 0 Å². The van der Waals surface area contributed by atoms with E-state index >= 15 is 0 Å². The first-order valence-corrected chi connectivity index (χ1v) is 8.73. The Morgan fingerprint density at radius 2 is 1.48 bits per heavy atom. The van der Waals surface area contributed by atoms with Crippen molar-refractivity contribution < 1.29 is 13.5 Å². The SMILES string of the molecule is Cn1c(-c2ccnc(Oc3ccc(F)cc3)n2)c(-c2ccc(F)cc2)c(=O)n1C. The van der Waals surface area contributed by atoms with E-state index in [-0.39, 0.29) is 23.2 Å². The average Bonchev–Trinajstić information content (AvgIpc) is 2.95. The summed E-state index contributed by atoms with van der Waals surface area (Å²) < 4.78 is 35.1. The summed E-state index contributed by atoms with van der Waals surface area (Å²) in [6, 6.07) is 12.9. The second-order valence-corrected chi connectivity index (χ2v) is 6.36. The first-order valence-electron chi connectivity index (χ1n) is 8.73. The van der Waals surface area contributed by atoms with Gasteiger partial charge in [-0.1, -0.05) is 12.1 Å². The molecular weight excluding hydrogens is 378 g/mol. The number of aromatic nitrogens is 4. The molecule has 0 N–H and O–H groups in total. The van der Waals surface area contributed by atoms with Crippen LogP contribution < -0.4 is 10.3 Å². The van der Waals surface area contributed by atoms with Crippen molar-refractivity contribution in [3.8, 4) is 34.3 Å². The number of nitrogens with zero attached hydrogens (tertiary/aromatic N) is 4. The van der Waals surface area contributed by atoms with Crippen molar-refractivity contribution in [1.82, 2.24) is 19.3 Å². The van der Waals surface area contributed by atoms with Crippen LogP contribution in [0.15, 0.2) is 65.6 Å². The predicted octanol–water partition coefficient (Wildman–Crippen LogP) is 3.92. The highest BCUT2D eigenvalue weighted by Gasteiger charge is 2.21. The fraction of sp³-hybridized carbons (Fsp3) is 0.0952. The summed E-state index contributed by atoms with van der Waals surface area (Å²) in [5, 5.41) is 0. The minimum atomic E-state index is -0.389. The minimum absolute atomic E-state index is 0.0514. The van der Waals surface area contributed by atoms with Crippen LogP contribution in [0.5, 0.6) is 11.8 Å². The van der Waals surface area contributed by atoms with E-state index < -0.39 is 0 Å². The molecule has 6 nitrogen and oxygen atoms in total. The maximum absolute atomic E-state index is 13.3. The van der Waals surface area contributed by atoms with E-state index in [4.69, 9.17) is 4.74 Å². The monoisotopic (exact) mass is 394 g/mol. The van der Waals surface area contributed by atoms with Crippen LogP contribution in [-0.4, -0.2) is 19.3 Å². The highest BCUT2D eigenvalue weighted by atomic mass is 19.1. The zero-order valence-corrected chi connectivity index (χ0v) is 15.6. The smallest absolute Gasteiger partial charge is 0.322 e. The molecule has 0 aliphatic heterocycles. The minimum Gasteiger partial charge on any atom is -0.424 e. The van der Waals surface area contributed by atoms with Crippen molar-refractivity contribution in [3.63, 3.8) is 0 Å². The van der Waals surface area contributed by atoms with Gasteiger partial charge in [0.05, 0.1) is 17.0 Å². The first kappa shape index (κ1) is 18.5. The number of hydrogen-bond donors (Lipinski definition) is 0. The molecule has 29 heavy (non-hydrogen) atoms. The van der Waals surface area contributed by atoms with E-state index in [2.05, 4.69) is 9.97 Å². The van der Waals surface area contributed by atoms with Gasteiger partial charge in [-0.15, -0.1) is 0 Å². The molecule has 0 aliphatic carbocycles. The largest absolute Gasteiger partial charge is 0.424 e. The molecule has 4 aromatic rings. The Labute approximate surface area is 164 Å². The molecule has 0 unspecified atom stereocenters. The highest BCUT2D eigenvalue weighted by molar-refractivity contribution is 5.79. The van der Waals surface area contributed by atoms with Gasteiger partial charge in [0, 0.05) is 20.3 Å². The van der Waals surface area contributed by atoms with E-state index in [1.165, 1.54) is 47.3 Å². The van der Waals surface area contributed by atoms with Gasteiger partial charge in [0.2, 0.25) is 0 Å². The number of halogens is 2. The standard InChI is InChI=1S/C21H16F2N4O2/c1-26-19(18(20(28)27(26)2)13-3-5-14(22)6-4-13)17-11-12-24-21(25-17)29-16-9-7-15(23)8-10-16/h3-12H,1-2H3. The second kappa shape index (κ2) is 7.31. The third-order valence-corrected chi connectivity index (χ3v) is 4.55. The zero-order chi connectivity index (χ0) is 20.5. The van der Waals surface area contributed by atoms with Gasteiger partial charge < -0.3 is 4.74 Å². The number of ether oxygens (including phenoxy) is 1. The van der Waals surface area contributed by atoms with Crippen LogP contribution in [0.4, 0.5) is 8.78 Å². The predicted molar refractivity (Wildman–Crippen MR) is 104 cm³/mol. The van der Waals surface area contributed by atoms with Gasteiger partial charge in [-0.25, -0.2) is 13.8 Å². The van der Waals surface area contributed by atoms with Crippen LogP contribution in [0, 0.1) is 11.6 Å². The number of rotatable bonds is 4. The van der Waals surface area contributed by atoms with E-state index in [0.29, 0.717) is 28.3 Å². The van der Waals surface area contributed by atoms with Crippen molar-refractivity contribution in [2.24, 2.45) is 14.1 Å². The fourth-order valence-electron chi connectivity index (χ4n) is 3.01. The van der Waals surface area contributed by atoms with Crippen LogP contribution in [0.25, 0.3) is 22.5 Å². The lowest BCUT2D eigenvalue weighted by molar-refractivity contribution is 0.441. The molecule has 2 aromatic heterocycles. The van der Waals surface area contributed by atoms with Crippen LogP contribution in [-0.2, 0) is 14.1 Å². The van der Waals surface area contributed by atoms with Crippen molar-refractivity contribution in [1.29, 1.82) is 0 Å². The van der Waals surface area contributed by atoms with Gasteiger partial charge in [-0.2, -0.15) is 4.98 Å². The molecule has 2 heterocycles. The Morgan fingerprint density at radius 1 is 0.862 bits per heavy atom. The van der Waals surface area contributed by atoms with Gasteiger partial charge >= 0.3 is 6.01 Å². The molecular formula is C21H16F2N4O2. The lowest BCUT2D eigenvalue weighted by Gasteiger charge is -2.09. The molecule has 0 saturated heterocycles. The van der Waals surface area contributed by atoms with Crippen LogP contribution in [0.3, 0.4) is 0 Å². The molecule has 2 aromatic carbocycles. The van der Waals surface area contributed by atoms with E-state index in [0.717, 1.165) is 0 Å².